The average Bonchev–Trinajstić information content (AvgIpc) is 2.23. The van der Waals surface area contributed by atoms with Crippen molar-refractivity contribution in [2.75, 3.05) is 0 Å². The highest BCUT2D eigenvalue weighted by Gasteiger charge is 2.08. The van der Waals surface area contributed by atoms with Crippen molar-refractivity contribution in [3.05, 3.63) is 35.5 Å². The van der Waals surface area contributed by atoms with E-state index >= 15 is 0 Å². The number of hydrogen-bond acceptors (Lipinski definition) is 2. The Balaban J connectivity index is 2.85. The molecule has 0 atom stereocenters. The number of rotatable bonds is 1. The summed E-state index contributed by atoms with van der Waals surface area (Å²) in [6.45, 7) is 3.93. The van der Waals surface area contributed by atoms with Crippen LogP contribution in [0.5, 0.6) is 5.75 Å². The molecule has 0 saturated heterocycles. The highest BCUT2D eigenvalue weighted by atomic mass is 16.3. The predicted molar refractivity (Wildman–Crippen MR) is 57.5 cm³/mol. The summed E-state index contributed by atoms with van der Waals surface area (Å²) in [5.74, 6) is 0.339. The number of pyridine rings is 1. The van der Waals surface area contributed by atoms with Gasteiger partial charge in [0.15, 0.2) is 0 Å². The molecule has 0 spiro atoms. The predicted octanol–water partition coefficient (Wildman–Crippen LogP) is 2.81. The highest BCUT2D eigenvalue weighted by molar-refractivity contribution is 5.84. The van der Waals surface area contributed by atoms with Gasteiger partial charge in [-0.1, -0.05) is 25.1 Å². The van der Waals surface area contributed by atoms with Gasteiger partial charge in [-0.25, -0.2) is 4.98 Å². The Morgan fingerprint density at radius 1 is 1.29 bits per heavy atom. The van der Waals surface area contributed by atoms with Gasteiger partial charge in [0.1, 0.15) is 5.75 Å². The minimum atomic E-state index is 0.339. The van der Waals surface area contributed by atoms with E-state index in [-0.39, 0.29) is 0 Å². The van der Waals surface area contributed by atoms with Gasteiger partial charge in [-0.05, 0) is 19.4 Å². The molecule has 2 aromatic rings. The zero-order valence-corrected chi connectivity index (χ0v) is 8.41. The first-order valence-corrected chi connectivity index (χ1v) is 4.81. The number of benzene rings is 1. The number of aromatic nitrogens is 1. The normalized spacial score (nSPS) is 10.7. The van der Waals surface area contributed by atoms with Crippen LogP contribution in [0.2, 0.25) is 0 Å². The van der Waals surface area contributed by atoms with Gasteiger partial charge in [-0.15, -0.1) is 0 Å². The lowest BCUT2D eigenvalue weighted by molar-refractivity contribution is 0.462. The van der Waals surface area contributed by atoms with E-state index in [4.69, 9.17) is 0 Å². The minimum Gasteiger partial charge on any atom is -0.506 e. The molecule has 1 aromatic carbocycles. The summed E-state index contributed by atoms with van der Waals surface area (Å²) in [5.41, 5.74) is 2.66. The highest BCUT2D eigenvalue weighted by Crippen LogP contribution is 2.27. The summed E-state index contributed by atoms with van der Waals surface area (Å²) < 4.78 is 0. The van der Waals surface area contributed by atoms with Crippen molar-refractivity contribution < 1.29 is 5.11 Å². The van der Waals surface area contributed by atoms with Crippen LogP contribution in [0.3, 0.4) is 0 Å². The smallest absolute Gasteiger partial charge is 0.140 e. The third-order valence-electron chi connectivity index (χ3n) is 2.53. The molecule has 0 aliphatic rings. The molecular formula is C12H13NO. The van der Waals surface area contributed by atoms with E-state index in [1.807, 2.05) is 38.1 Å². The standard InChI is InChI=1S/C12H13NO/c1-3-10-12(14)8(2)9-6-4-5-7-11(9)13-10/h4-7,14H,3H2,1-2H3. The second-order valence-corrected chi connectivity index (χ2v) is 3.40. The molecule has 0 amide bonds. The van der Waals surface area contributed by atoms with Crippen LogP contribution >= 0.6 is 0 Å². The molecule has 1 N–H and O–H groups in total. The number of aromatic hydroxyl groups is 1. The Hall–Kier alpha value is -1.57. The van der Waals surface area contributed by atoms with Crippen LogP contribution in [-0.4, -0.2) is 10.1 Å². The van der Waals surface area contributed by atoms with Gasteiger partial charge in [-0.3, -0.25) is 0 Å². The Labute approximate surface area is 83.2 Å². The van der Waals surface area contributed by atoms with E-state index in [0.717, 1.165) is 28.6 Å². The Bertz CT molecular complexity index is 477. The number of aryl methyl sites for hydroxylation is 2. The molecule has 0 aliphatic heterocycles. The van der Waals surface area contributed by atoms with Crippen molar-refractivity contribution in [3.8, 4) is 5.75 Å². The zero-order valence-electron chi connectivity index (χ0n) is 8.41. The maximum absolute atomic E-state index is 9.83. The van der Waals surface area contributed by atoms with E-state index in [9.17, 15) is 5.11 Å². The van der Waals surface area contributed by atoms with Crippen LogP contribution in [0.1, 0.15) is 18.2 Å². The first-order valence-electron chi connectivity index (χ1n) is 4.81. The Kier molecular flexibility index (Phi) is 2.12. The first kappa shape index (κ1) is 9.00. The van der Waals surface area contributed by atoms with Crippen LogP contribution in [-0.2, 0) is 6.42 Å². The average molecular weight is 187 g/mol. The van der Waals surface area contributed by atoms with Crippen LogP contribution < -0.4 is 0 Å². The van der Waals surface area contributed by atoms with Gasteiger partial charge in [0.2, 0.25) is 0 Å². The van der Waals surface area contributed by atoms with Gasteiger partial charge in [-0.2, -0.15) is 0 Å². The quantitative estimate of drug-likeness (QED) is 0.744. The van der Waals surface area contributed by atoms with E-state index in [1.165, 1.54) is 0 Å². The number of hydrogen-bond donors (Lipinski definition) is 1. The first-order chi connectivity index (χ1) is 6.74. The molecule has 2 heteroatoms. The van der Waals surface area contributed by atoms with E-state index in [0.29, 0.717) is 5.75 Å². The fourth-order valence-corrected chi connectivity index (χ4v) is 1.68. The maximum Gasteiger partial charge on any atom is 0.140 e. The molecule has 0 radical (unpaired) electrons. The minimum absolute atomic E-state index is 0.339. The maximum atomic E-state index is 9.83. The summed E-state index contributed by atoms with van der Waals surface area (Å²) in [4.78, 5) is 4.40. The lowest BCUT2D eigenvalue weighted by atomic mass is 10.1. The largest absolute Gasteiger partial charge is 0.506 e. The molecule has 0 fully saturated rings. The molecule has 2 nitrogen and oxygen atoms in total. The third-order valence-corrected chi connectivity index (χ3v) is 2.53. The van der Waals surface area contributed by atoms with Crippen molar-refractivity contribution in [1.29, 1.82) is 0 Å². The molecule has 1 heterocycles. The summed E-state index contributed by atoms with van der Waals surface area (Å²) in [6.07, 6.45) is 0.761. The Morgan fingerprint density at radius 3 is 2.71 bits per heavy atom. The van der Waals surface area contributed by atoms with E-state index in [2.05, 4.69) is 4.98 Å². The summed E-state index contributed by atoms with van der Waals surface area (Å²) >= 11 is 0. The molecule has 2 rings (SSSR count). The van der Waals surface area contributed by atoms with Crippen LogP contribution in [0.15, 0.2) is 24.3 Å². The number of fused-ring (bicyclic) bond motifs is 1. The van der Waals surface area contributed by atoms with E-state index in [1.54, 1.807) is 0 Å². The molecule has 0 saturated carbocycles. The van der Waals surface area contributed by atoms with Gasteiger partial charge < -0.3 is 5.11 Å². The topological polar surface area (TPSA) is 33.1 Å². The van der Waals surface area contributed by atoms with Crippen LogP contribution in [0.4, 0.5) is 0 Å². The number of para-hydroxylation sites is 1. The zero-order chi connectivity index (χ0) is 10.1. The fourth-order valence-electron chi connectivity index (χ4n) is 1.68. The molecule has 72 valence electrons. The second kappa shape index (κ2) is 3.29. The number of nitrogens with zero attached hydrogens (tertiary/aromatic N) is 1. The van der Waals surface area contributed by atoms with Crippen molar-refractivity contribution >= 4 is 10.9 Å². The van der Waals surface area contributed by atoms with Crippen LogP contribution in [0.25, 0.3) is 10.9 Å². The summed E-state index contributed by atoms with van der Waals surface area (Å²) in [5, 5.41) is 10.9. The van der Waals surface area contributed by atoms with Crippen molar-refractivity contribution in [1.82, 2.24) is 4.98 Å². The lowest BCUT2D eigenvalue weighted by Gasteiger charge is -2.07. The lowest BCUT2D eigenvalue weighted by Crippen LogP contribution is -1.92. The van der Waals surface area contributed by atoms with Gasteiger partial charge in [0.05, 0.1) is 11.2 Å². The third kappa shape index (κ3) is 1.23. The van der Waals surface area contributed by atoms with Crippen molar-refractivity contribution in [2.45, 2.75) is 20.3 Å². The van der Waals surface area contributed by atoms with Crippen molar-refractivity contribution in [2.24, 2.45) is 0 Å². The Morgan fingerprint density at radius 2 is 2.00 bits per heavy atom. The monoisotopic (exact) mass is 187 g/mol. The molecule has 1 aromatic heterocycles. The second-order valence-electron chi connectivity index (χ2n) is 3.40. The van der Waals surface area contributed by atoms with Gasteiger partial charge in [0, 0.05) is 10.9 Å². The van der Waals surface area contributed by atoms with E-state index < -0.39 is 0 Å². The molecule has 0 aliphatic carbocycles. The fraction of sp³-hybridized carbons (Fsp3) is 0.250. The van der Waals surface area contributed by atoms with Crippen molar-refractivity contribution in [3.63, 3.8) is 0 Å². The van der Waals surface area contributed by atoms with Crippen LogP contribution in [0, 0.1) is 6.92 Å². The summed E-state index contributed by atoms with van der Waals surface area (Å²) in [7, 11) is 0. The van der Waals surface area contributed by atoms with Gasteiger partial charge >= 0.3 is 0 Å². The molecule has 0 unspecified atom stereocenters. The summed E-state index contributed by atoms with van der Waals surface area (Å²) in [6, 6.07) is 7.88. The molecular weight excluding hydrogens is 174 g/mol. The van der Waals surface area contributed by atoms with Gasteiger partial charge in [0.25, 0.3) is 0 Å². The molecule has 0 bridgehead atoms. The SMILES string of the molecule is CCc1nc2ccccc2c(C)c1O. The molecule has 14 heavy (non-hydrogen) atoms.